The molecule has 1 unspecified atom stereocenters. The number of aryl methyl sites for hydroxylation is 1. The summed E-state index contributed by atoms with van der Waals surface area (Å²) in [5, 5.41) is 5.60. The smallest absolute Gasteiger partial charge is 0.251 e. The van der Waals surface area contributed by atoms with E-state index in [9.17, 15) is 18.0 Å². The highest BCUT2D eigenvalue weighted by Gasteiger charge is 2.29. The number of nitrogens with one attached hydrogen (secondary N) is 2. The van der Waals surface area contributed by atoms with E-state index in [1.54, 1.807) is 18.2 Å². The van der Waals surface area contributed by atoms with Gasteiger partial charge in [-0.25, -0.2) is 8.42 Å². The van der Waals surface area contributed by atoms with E-state index in [0.29, 0.717) is 18.4 Å². The number of fused-ring (bicyclic) bond motifs is 1. The van der Waals surface area contributed by atoms with Crippen molar-refractivity contribution in [3.8, 4) is 0 Å². The summed E-state index contributed by atoms with van der Waals surface area (Å²) in [5.74, 6) is -0.124. The predicted molar refractivity (Wildman–Crippen MR) is 82.5 cm³/mol. The van der Waals surface area contributed by atoms with Crippen molar-refractivity contribution in [2.24, 2.45) is 0 Å². The van der Waals surface area contributed by atoms with Gasteiger partial charge >= 0.3 is 0 Å². The summed E-state index contributed by atoms with van der Waals surface area (Å²) in [7, 11) is -3.01. The molecule has 1 aromatic carbocycles. The Morgan fingerprint density at radius 3 is 2.82 bits per heavy atom. The molecule has 2 amide bonds. The van der Waals surface area contributed by atoms with Gasteiger partial charge in [0.25, 0.3) is 5.91 Å². The number of sulfone groups is 1. The van der Waals surface area contributed by atoms with Gasteiger partial charge in [0.05, 0.1) is 11.5 Å². The number of carbonyl (C=O) groups excluding carboxylic acids is 2. The molecule has 0 bridgehead atoms. The van der Waals surface area contributed by atoms with E-state index < -0.39 is 9.84 Å². The van der Waals surface area contributed by atoms with Crippen LogP contribution in [0.15, 0.2) is 18.2 Å². The van der Waals surface area contributed by atoms with Crippen LogP contribution in [0.5, 0.6) is 0 Å². The molecule has 0 saturated carbocycles. The average Bonchev–Trinajstić information content (AvgIpc) is 2.68. The van der Waals surface area contributed by atoms with E-state index >= 15 is 0 Å². The van der Waals surface area contributed by atoms with Crippen molar-refractivity contribution in [1.29, 1.82) is 0 Å². The minimum Gasteiger partial charge on any atom is -0.348 e. The largest absolute Gasteiger partial charge is 0.348 e. The number of rotatable bonds is 2. The minimum absolute atomic E-state index is 0.00730. The molecule has 2 aliphatic rings. The molecule has 1 fully saturated rings. The number of carbonyl (C=O) groups is 2. The SMILES string of the molecule is O=C1CCCc2cc(C(=O)NC3CCS(=O)(=O)C3)ccc2N1. The second kappa shape index (κ2) is 5.72. The zero-order valence-corrected chi connectivity index (χ0v) is 12.9. The summed E-state index contributed by atoms with van der Waals surface area (Å²) >= 11 is 0. The molecule has 0 aromatic heterocycles. The Hall–Kier alpha value is -1.89. The summed E-state index contributed by atoms with van der Waals surface area (Å²) in [6.07, 6.45) is 2.45. The lowest BCUT2D eigenvalue weighted by atomic mass is 10.0. The molecule has 1 saturated heterocycles. The third-order valence-electron chi connectivity index (χ3n) is 4.06. The van der Waals surface area contributed by atoms with Gasteiger partial charge in [-0.15, -0.1) is 0 Å². The van der Waals surface area contributed by atoms with E-state index in [2.05, 4.69) is 10.6 Å². The van der Waals surface area contributed by atoms with Crippen molar-refractivity contribution in [2.45, 2.75) is 31.7 Å². The Labute approximate surface area is 129 Å². The first-order valence-electron chi connectivity index (χ1n) is 7.37. The molecular weight excluding hydrogens is 304 g/mol. The van der Waals surface area contributed by atoms with E-state index in [0.717, 1.165) is 24.1 Å². The van der Waals surface area contributed by atoms with Crippen molar-refractivity contribution < 1.29 is 18.0 Å². The van der Waals surface area contributed by atoms with Gasteiger partial charge in [0.15, 0.2) is 9.84 Å². The Kier molecular flexibility index (Phi) is 3.90. The molecule has 0 radical (unpaired) electrons. The van der Waals surface area contributed by atoms with Crippen LogP contribution in [0.1, 0.15) is 35.2 Å². The first-order chi connectivity index (χ1) is 10.4. The second-order valence-electron chi connectivity index (χ2n) is 5.85. The van der Waals surface area contributed by atoms with Crippen LogP contribution in [-0.4, -0.2) is 37.8 Å². The van der Waals surface area contributed by atoms with Gasteiger partial charge in [-0.3, -0.25) is 9.59 Å². The molecule has 0 aliphatic carbocycles. The second-order valence-corrected chi connectivity index (χ2v) is 8.08. The van der Waals surface area contributed by atoms with Crippen molar-refractivity contribution in [3.63, 3.8) is 0 Å². The van der Waals surface area contributed by atoms with Gasteiger partial charge in [-0.2, -0.15) is 0 Å². The minimum atomic E-state index is -3.01. The first kappa shape index (κ1) is 15.0. The standard InChI is InChI=1S/C15H18N2O4S/c18-14-3-1-2-10-8-11(4-5-13(10)17-14)15(19)16-12-6-7-22(20,21)9-12/h4-5,8,12H,1-3,6-7,9H2,(H,16,19)(H,17,18). The van der Waals surface area contributed by atoms with Gasteiger partial charge in [0.1, 0.15) is 0 Å². The van der Waals surface area contributed by atoms with Gasteiger partial charge in [-0.05, 0) is 43.0 Å². The lowest BCUT2D eigenvalue weighted by Gasteiger charge is -2.13. The Morgan fingerprint density at radius 2 is 2.09 bits per heavy atom. The molecule has 7 heteroatoms. The lowest BCUT2D eigenvalue weighted by molar-refractivity contribution is -0.116. The summed E-state index contributed by atoms with van der Waals surface area (Å²) in [4.78, 5) is 23.8. The summed E-state index contributed by atoms with van der Waals surface area (Å²) in [5.41, 5.74) is 2.19. The molecule has 1 atom stereocenters. The van der Waals surface area contributed by atoms with E-state index in [4.69, 9.17) is 0 Å². The number of benzene rings is 1. The van der Waals surface area contributed by atoms with Gasteiger partial charge in [-0.1, -0.05) is 0 Å². The molecule has 118 valence electrons. The quantitative estimate of drug-likeness (QED) is 0.845. The van der Waals surface area contributed by atoms with Crippen molar-refractivity contribution in [1.82, 2.24) is 5.32 Å². The maximum absolute atomic E-state index is 12.3. The van der Waals surface area contributed by atoms with Crippen molar-refractivity contribution in [3.05, 3.63) is 29.3 Å². The fourth-order valence-electron chi connectivity index (χ4n) is 2.89. The molecule has 2 heterocycles. The van der Waals surface area contributed by atoms with Crippen LogP contribution in [0, 0.1) is 0 Å². The van der Waals surface area contributed by atoms with Crippen LogP contribution in [-0.2, 0) is 21.1 Å². The maximum Gasteiger partial charge on any atom is 0.251 e. The number of anilines is 1. The monoisotopic (exact) mass is 322 g/mol. The highest BCUT2D eigenvalue weighted by molar-refractivity contribution is 7.91. The average molecular weight is 322 g/mol. The highest BCUT2D eigenvalue weighted by atomic mass is 32.2. The van der Waals surface area contributed by atoms with Gasteiger partial charge in [0, 0.05) is 23.7 Å². The topological polar surface area (TPSA) is 92.3 Å². The van der Waals surface area contributed by atoms with Crippen LogP contribution in [0.4, 0.5) is 5.69 Å². The molecule has 22 heavy (non-hydrogen) atoms. The highest BCUT2D eigenvalue weighted by Crippen LogP contribution is 2.23. The predicted octanol–water partition coefficient (Wildman–Crippen LogP) is 0.878. The zero-order valence-electron chi connectivity index (χ0n) is 12.1. The van der Waals surface area contributed by atoms with Crippen molar-refractivity contribution >= 4 is 27.3 Å². The summed E-state index contributed by atoms with van der Waals surface area (Å²) in [6.45, 7) is 0. The molecule has 0 spiro atoms. The Balaban J connectivity index is 1.74. The van der Waals surface area contributed by atoms with Gasteiger partial charge < -0.3 is 10.6 Å². The molecular formula is C15H18N2O4S. The molecule has 6 nitrogen and oxygen atoms in total. The third-order valence-corrected chi connectivity index (χ3v) is 5.83. The van der Waals surface area contributed by atoms with Crippen LogP contribution in [0.25, 0.3) is 0 Å². The summed E-state index contributed by atoms with van der Waals surface area (Å²) in [6, 6.07) is 4.86. The Bertz CT molecular complexity index is 727. The van der Waals surface area contributed by atoms with Crippen LogP contribution < -0.4 is 10.6 Å². The maximum atomic E-state index is 12.3. The van der Waals surface area contributed by atoms with Crippen LogP contribution in [0.2, 0.25) is 0 Å². The van der Waals surface area contributed by atoms with Gasteiger partial charge in [0.2, 0.25) is 5.91 Å². The van der Waals surface area contributed by atoms with Crippen molar-refractivity contribution in [2.75, 3.05) is 16.8 Å². The van der Waals surface area contributed by atoms with Crippen LogP contribution in [0.3, 0.4) is 0 Å². The Morgan fingerprint density at radius 1 is 1.27 bits per heavy atom. The number of hydrogen-bond donors (Lipinski definition) is 2. The molecule has 3 rings (SSSR count). The van der Waals surface area contributed by atoms with E-state index in [1.807, 2.05) is 0 Å². The fraction of sp³-hybridized carbons (Fsp3) is 0.467. The zero-order chi connectivity index (χ0) is 15.7. The molecule has 2 aliphatic heterocycles. The summed E-state index contributed by atoms with van der Waals surface area (Å²) < 4.78 is 22.9. The first-order valence-corrected chi connectivity index (χ1v) is 9.19. The number of hydrogen-bond acceptors (Lipinski definition) is 4. The molecule has 1 aromatic rings. The normalized spacial score (nSPS) is 23.3. The van der Waals surface area contributed by atoms with E-state index in [1.165, 1.54) is 0 Å². The fourth-order valence-corrected chi connectivity index (χ4v) is 4.57. The van der Waals surface area contributed by atoms with Crippen LogP contribution >= 0.6 is 0 Å². The number of amides is 2. The van der Waals surface area contributed by atoms with E-state index in [-0.39, 0.29) is 29.4 Å². The third kappa shape index (κ3) is 3.30. The molecule has 2 N–H and O–H groups in total. The lowest BCUT2D eigenvalue weighted by Crippen LogP contribution is -2.35.